The number of aliphatic hydroxyl groups excluding tert-OH is 1. The summed E-state index contributed by atoms with van der Waals surface area (Å²) in [6, 6.07) is 3.63. The standard InChI is InChI=1S/C9H9Cl2NO5S/c10-6-2-1-5(3-7(6)11)18(16,17)12-4-8(13)9(14)15/h1-3,8,12-13H,4H2,(H,14,15)/t8-/m0/s1. The van der Waals surface area contributed by atoms with Gasteiger partial charge in [0.25, 0.3) is 0 Å². The van der Waals surface area contributed by atoms with Gasteiger partial charge in [-0.15, -0.1) is 0 Å². The number of nitrogens with one attached hydrogen (secondary N) is 1. The molecule has 0 heterocycles. The lowest BCUT2D eigenvalue weighted by molar-refractivity contribution is -0.146. The van der Waals surface area contributed by atoms with Crippen LogP contribution in [0.2, 0.25) is 10.0 Å². The molecule has 0 saturated heterocycles. The molecule has 0 aliphatic rings. The molecule has 3 N–H and O–H groups in total. The van der Waals surface area contributed by atoms with Gasteiger partial charge >= 0.3 is 5.97 Å². The molecule has 1 aromatic rings. The summed E-state index contributed by atoms with van der Waals surface area (Å²) in [7, 11) is -3.94. The molecule has 1 atom stereocenters. The van der Waals surface area contributed by atoms with E-state index >= 15 is 0 Å². The Balaban J connectivity index is 2.87. The van der Waals surface area contributed by atoms with Gasteiger partial charge < -0.3 is 10.2 Å². The van der Waals surface area contributed by atoms with Gasteiger partial charge in [-0.2, -0.15) is 0 Å². The number of carbonyl (C=O) groups is 1. The Morgan fingerprint density at radius 2 is 1.94 bits per heavy atom. The van der Waals surface area contributed by atoms with E-state index < -0.39 is 28.6 Å². The lowest BCUT2D eigenvalue weighted by Crippen LogP contribution is -2.36. The molecule has 0 amide bonds. The maximum absolute atomic E-state index is 11.7. The van der Waals surface area contributed by atoms with Gasteiger partial charge in [0, 0.05) is 6.54 Å². The first kappa shape index (κ1) is 15.2. The monoisotopic (exact) mass is 313 g/mol. The van der Waals surface area contributed by atoms with Crippen molar-refractivity contribution in [3.63, 3.8) is 0 Å². The molecular formula is C9H9Cl2NO5S. The van der Waals surface area contributed by atoms with Crippen molar-refractivity contribution in [2.75, 3.05) is 6.54 Å². The number of hydrogen-bond acceptors (Lipinski definition) is 4. The zero-order chi connectivity index (χ0) is 13.9. The van der Waals surface area contributed by atoms with Crippen LogP contribution in [0.1, 0.15) is 0 Å². The van der Waals surface area contributed by atoms with Gasteiger partial charge in [-0.05, 0) is 18.2 Å². The van der Waals surface area contributed by atoms with Crippen LogP contribution in [0.25, 0.3) is 0 Å². The SMILES string of the molecule is O=C(O)[C@@H](O)CNS(=O)(=O)c1ccc(Cl)c(Cl)c1. The molecule has 0 bridgehead atoms. The summed E-state index contributed by atoms with van der Waals surface area (Å²) in [6.45, 7) is -0.641. The molecule has 0 aromatic heterocycles. The summed E-state index contributed by atoms with van der Waals surface area (Å²) in [4.78, 5) is 10.2. The number of halogens is 2. The predicted octanol–water partition coefficient (Wildman–Crippen LogP) is 0.717. The minimum atomic E-state index is -3.94. The summed E-state index contributed by atoms with van der Waals surface area (Å²) in [5.41, 5.74) is 0. The first-order valence-electron chi connectivity index (χ1n) is 4.59. The van der Waals surface area contributed by atoms with E-state index in [0.29, 0.717) is 0 Å². The van der Waals surface area contributed by atoms with E-state index in [1.165, 1.54) is 12.1 Å². The van der Waals surface area contributed by atoms with Crippen LogP contribution in [0.3, 0.4) is 0 Å². The van der Waals surface area contributed by atoms with Crippen LogP contribution >= 0.6 is 23.2 Å². The molecule has 0 fully saturated rings. The second-order valence-corrected chi connectivity index (χ2v) is 5.86. The van der Waals surface area contributed by atoms with Gasteiger partial charge in [0.15, 0.2) is 6.10 Å². The molecule has 6 nitrogen and oxygen atoms in total. The molecule has 0 aliphatic carbocycles. The van der Waals surface area contributed by atoms with Gasteiger partial charge in [0.05, 0.1) is 14.9 Å². The molecule has 1 rings (SSSR count). The van der Waals surface area contributed by atoms with Crippen LogP contribution in [0.5, 0.6) is 0 Å². The summed E-state index contributed by atoms with van der Waals surface area (Å²) in [5, 5.41) is 17.6. The molecule has 18 heavy (non-hydrogen) atoms. The Kier molecular flexibility index (Phi) is 4.94. The number of aliphatic hydroxyl groups is 1. The van der Waals surface area contributed by atoms with Crippen molar-refractivity contribution in [3.8, 4) is 0 Å². The smallest absolute Gasteiger partial charge is 0.333 e. The van der Waals surface area contributed by atoms with E-state index in [-0.39, 0.29) is 14.9 Å². The van der Waals surface area contributed by atoms with Crippen LogP contribution in [0.15, 0.2) is 23.1 Å². The molecular weight excluding hydrogens is 305 g/mol. The molecule has 0 radical (unpaired) electrons. The third-order valence-electron chi connectivity index (χ3n) is 1.95. The molecule has 9 heteroatoms. The summed E-state index contributed by atoms with van der Waals surface area (Å²) < 4.78 is 25.4. The largest absolute Gasteiger partial charge is 0.479 e. The highest BCUT2D eigenvalue weighted by molar-refractivity contribution is 7.89. The number of sulfonamides is 1. The van der Waals surface area contributed by atoms with E-state index in [0.717, 1.165) is 6.07 Å². The van der Waals surface area contributed by atoms with E-state index in [1.807, 2.05) is 4.72 Å². The Labute approximate surface area is 113 Å². The van der Waals surface area contributed by atoms with Crippen molar-refractivity contribution in [1.29, 1.82) is 0 Å². The Bertz CT molecular complexity index is 560. The molecule has 0 aliphatic heterocycles. The first-order valence-corrected chi connectivity index (χ1v) is 6.83. The number of hydrogen-bond donors (Lipinski definition) is 3. The summed E-state index contributed by atoms with van der Waals surface area (Å²) >= 11 is 11.3. The first-order chi connectivity index (χ1) is 8.24. The fourth-order valence-electron chi connectivity index (χ4n) is 1.00. The maximum atomic E-state index is 11.7. The van der Waals surface area contributed by atoms with Gasteiger partial charge in [-0.1, -0.05) is 23.2 Å². The van der Waals surface area contributed by atoms with Crippen LogP contribution in [-0.2, 0) is 14.8 Å². The van der Waals surface area contributed by atoms with Crippen molar-refractivity contribution >= 4 is 39.2 Å². The van der Waals surface area contributed by atoms with Crippen molar-refractivity contribution in [1.82, 2.24) is 4.72 Å². The van der Waals surface area contributed by atoms with Gasteiger partial charge in [0.1, 0.15) is 0 Å². The van der Waals surface area contributed by atoms with Gasteiger partial charge in [-0.3, -0.25) is 0 Å². The molecule has 0 spiro atoms. The van der Waals surface area contributed by atoms with E-state index in [2.05, 4.69) is 0 Å². The highest BCUT2D eigenvalue weighted by Crippen LogP contribution is 2.24. The van der Waals surface area contributed by atoms with Crippen molar-refractivity contribution in [2.24, 2.45) is 0 Å². The number of aliphatic carboxylic acids is 1. The minimum absolute atomic E-state index is 0.0540. The van der Waals surface area contributed by atoms with E-state index in [4.69, 9.17) is 33.4 Å². The van der Waals surface area contributed by atoms with Crippen LogP contribution < -0.4 is 4.72 Å². The Morgan fingerprint density at radius 1 is 1.33 bits per heavy atom. The topological polar surface area (TPSA) is 104 Å². The third kappa shape index (κ3) is 3.82. The minimum Gasteiger partial charge on any atom is -0.479 e. The van der Waals surface area contributed by atoms with Crippen LogP contribution in [0.4, 0.5) is 0 Å². The fraction of sp³-hybridized carbons (Fsp3) is 0.222. The van der Waals surface area contributed by atoms with Crippen molar-refractivity contribution in [3.05, 3.63) is 28.2 Å². The molecule has 100 valence electrons. The third-order valence-corrected chi connectivity index (χ3v) is 4.11. The van der Waals surface area contributed by atoms with E-state index in [1.54, 1.807) is 0 Å². The fourth-order valence-corrected chi connectivity index (χ4v) is 2.43. The predicted molar refractivity (Wildman–Crippen MR) is 65.3 cm³/mol. The van der Waals surface area contributed by atoms with Crippen LogP contribution in [-0.4, -0.2) is 37.2 Å². The second kappa shape index (κ2) is 5.85. The van der Waals surface area contributed by atoms with Crippen molar-refractivity contribution < 1.29 is 23.4 Å². The average molecular weight is 314 g/mol. The Morgan fingerprint density at radius 3 is 2.44 bits per heavy atom. The molecule has 1 aromatic carbocycles. The van der Waals surface area contributed by atoms with Gasteiger partial charge in [0.2, 0.25) is 10.0 Å². The quantitative estimate of drug-likeness (QED) is 0.743. The molecule has 0 unspecified atom stereocenters. The Hall–Kier alpha value is -0.860. The lowest BCUT2D eigenvalue weighted by Gasteiger charge is -2.09. The normalized spacial score (nSPS) is 13.3. The zero-order valence-corrected chi connectivity index (χ0v) is 11.1. The highest BCUT2D eigenvalue weighted by Gasteiger charge is 2.20. The van der Waals surface area contributed by atoms with Crippen LogP contribution in [0, 0.1) is 0 Å². The van der Waals surface area contributed by atoms with Gasteiger partial charge in [-0.25, -0.2) is 17.9 Å². The number of carboxylic acid groups (broad SMARTS) is 1. The number of benzene rings is 1. The average Bonchev–Trinajstić information content (AvgIpc) is 2.29. The number of rotatable bonds is 5. The number of carboxylic acids is 1. The maximum Gasteiger partial charge on any atom is 0.333 e. The zero-order valence-electron chi connectivity index (χ0n) is 8.80. The van der Waals surface area contributed by atoms with E-state index in [9.17, 15) is 13.2 Å². The second-order valence-electron chi connectivity index (χ2n) is 3.28. The lowest BCUT2D eigenvalue weighted by atomic mass is 10.4. The molecule has 0 saturated carbocycles. The highest BCUT2D eigenvalue weighted by atomic mass is 35.5. The van der Waals surface area contributed by atoms with Crippen molar-refractivity contribution in [2.45, 2.75) is 11.0 Å². The summed E-state index contributed by atoms with van der Waals surface area (Å²) in [5.74, 6) is -1.52. The summed E-state index contributed by atoms with van der Waals surface area (Å²) in [6.07, 6.45) is -1.82.